The van der Waals surface area contributed by atoms with E-state index in [4.69, 9.17) is 10.8 Å². The minimum atomic E-state index is -4.43. The third-order valence-electron chi connectivity index (χ3n) is 2.52. The normalized spacial score (nSPS) is 12.3. The zero-order chi connectivity index (χ0) is 15.0. The molecule has 0 saturated heterocycles. The van der Waals surface area contributed by atoms with Crippen LogP contribution >= 0.6 is 0 Å². The molecule has 20 heavy (non-hydrogen) atoms. The van der Waals surface area contributed by atoms with Gasteiger partial charge in [0, 0.05) is 11.5 Å². The zero-order valence-electron chi connectivity index (χ0n) is 10.4. The molecule has 0 fully saturated rings. The maximum Gasteiger partial charge on any atom is 0.416 e. The smallest absolute Gasteiger partial charge is 0.298 e. The summed E-state index contributed by atoms with van der Waals surface area (Å²) in [5.41, 5.74) is 7.55. The van der Waals surface area contributed by atoms with E-state index in [0.717, 1.165) is 12.1 Å². The lowest BCUT2D eigenvalue weighted by atomic mass is 10.0. The SMILES string of the molecule is N#CC(NCCCN=[N+]=[N-])c1cccc(C(F)(F)F)c1. The fourth-order valence-corrected chi connectivity index (χ4v) is 1.57. The highest BCUT2D eigenvalue weighted by Gasteiger charge is 2.30. The van der Waals surface area contributed by atoms with Crippen molar-refractivity contribution in [3.05, 3.63) is 45.8 Å². The molecule has 0 aliphatic carbocycles. The van der Waals surface area contributed by atoms with Gasteiger partial charge in [-0.1, -0.05) is 17.2 Å². The Hall–Kier alpha value is -2.23. The molecular weight excluding hydrogens is 271 g/mol. The summed E-state index contributed by atoms with van der Waals surface area (Å²) < 4.78 is 37.7. The molecular formula is C12H12F3N5. The Labute approximate surface area is 113 Å². The van der Waals surface area contributed by atoms with Crippen LogP contribution in [0.4, 0.5) is 13.2 Å². The minimum Gasteiger partial charge on any atom is -0.298 e. The van der Waals surface area contributed by atoms with Gasteiger partial charge < -0.3 is 0 Å². The number of nitrogens with one attached hydrogen (secondary N) is 1. The molecule has 0 spiro atoms. The molecule has 1 rings (SSSR count). The first-order chi connectivity index (χ1) is 9.49. The maximum atomic E-state index is 12.6. The van der Waals surface area contributed by atoms with Crippen LogP contribution in [0.15, 0.2) is 29.4 Å². The fraction of sp³-hybridized carbons (Fsp3) is 0.417. The van der Waals surface area contributed by atoms with Gasteiger partial charge in [0.1, 0.15) is 6.04 Å². The molecule has 1 aromatic carbocycles. The summed E-state index contributed by atoms with van der Waals surface area (Å²) in [6.07, 6.45) is -3.93. The third kappa shape index (κ3) is 4.80. The molecule has 0 aliphatic rings. The van der Waals surface area contributed by atoms with Gasteiger partial charge in [0.2, 0.25) is 0 Å². The first-order valence-corrected chi connectivity index (χ1v) is 5.80. The molecule has 106 valence electrons. The zero-order valence-corrected chi connectivity index (χ0v) is 10.4. The van der Waals surface area contributed by atoms with Crippen molar-refractivity contribution in [1.29, 1.82) is 5.26 Å². The first kappa shape index (κ1) is 15.8. The van der Waals surface area contributed by atoms with Crippen molar-refractivity contribution in [2.45, 2.75) is 18.6 Å². The molecule has 0 bridgehead atoms. The topological polar surface area (TPSA) is 84.6 Å². The van der Waals surface area contributed by atoms with E-state index in [0.29, 0.717) is 13.0 Å². The van der Waals surface area contributed by atoms with E-state index in [9.17, 15) is 13.2 Å². The third-order valence-corrected chi connectivity index (χ3v) is 2.52. The van der Waals surface area contributed by atoms with Crippen LogP contribution in [0.2, 0.25) is 0 Å². The predicted molar refractivity (Wildman–Crippen MR) is 66.4 cm³/mol. The molecule has 1 atom stereocenters. The number of nitriles is 1. The van der Waals surface area contributed by atoms with E-state index in [-0.39, 0.29) is 12.1 Å². The van der Waals surface area contributed by atoms with E-state index < -0.39 is 17.8 Å². The van der Waals surface area contributed by atoms with Gasteiger partial charge in [0.25, 0.3) is 0 Å². The second-order valence-corrected chi connectivity index (χ2v) is 3.95. The first-order valence-electron chi connectivity index (χ1n) is 5.80. The van der Waals surface area contributed by atoms with Crippen LogP contribution in [0.3, 0.4) is 0 Å². The van der Waals surface area contributed by atoms with Crippen LogP contribution < -0.4 is 5.32 Å². The van der Waals surface area contributed by atoms with Crippen LogP contribution in [0.25, 0.3) is 10.4 Å². The number of nitrogens with zero attached hydrogens (tertiary/aromatic N) is 4. The summed E-state index contributed by atoms with van der Waals surface area (Å²) in [6.45, 7) is 0.637. The van der Waals surface area contributed by atoms with Crippen molar-refractivity contribution in [1.82, 2.24) is 5.32 Å². The molecule has 0 aromatic heterocycles. The molecule has 0 saturated carbocycles. The molecule has 0 heterocycles. The lowest BCUT2D eigenvalue weighted by Gasteiger charge is -2.13. The molecule has 1 unspecified atom stereocenters. The molecule has 1 N–H and O–H groups in total. The fourth-order valence-electron chi connectivity index (χ4n) is 1.57. The maximum absolute atomic E-state index is 12.6. The van der Waals surface area contributed by atoms with Crippen LogP contribution in [0.1, 0.15) is 23.6 Å². The van der Waals surface area contributed by atoms with Crippen LogP contribution in [0, 0.1) is 11.3 Å². The molecule has 0 aliphatic heterocycles. The van der Waals surface area contributed by atoms with E-state index in [1.807, 2.05) is 6.07 Å². The highest BCUT2D eigenvalue weighted by atomic mass is 19.4. The number of hydrogen-bond donors (Lipinski definition) is 1. The Kier molecular flexibility index (Phi) is 5.84. The van der Waals surface area contributed by atoms with Gasteiger partial charge in [-0.2, -0.15) is 18.4 Å². The number of alkyl halides is 3. The average Bonchev–Trinajstić information content (AvgIpc) is 2.42. The summed E-state index contributed by atoms with van der Waals surface area (Å²) in [6, 6.07) is 5.72. The predicted octanol–water partition coefficient (Wildman–Crippen LogP) is 3.56. The number of benzene rings is 1. The quantitative estimate of drug-likeness (QED) is 0.374. The van der Waals surface area contributed by atoms with Crippen molar-refractivity contribution in [3.8, 4) is 6.07 Å². The van der Waals surface area contributed by atoms with Gasteiger partial charge in [-0.15, -0.1) is 0 Å². The monoisotopic (exact) mass is 283 g/mol. The van der Waals surface area contributed by atoms with Gasteiger partial charge in [-0.25, -0.2) is 0 Å². The van der Waals surface area contributed by atoms with Crippen LogP contribution in [-0.2, 0) is 6.18 Å². The van der Waals surface area contributed by atoms with E-state index >= 15 is 0 Å². The van der Waals surface area contributed by atoms with Crippen LogP contribution in [-0.4, -0.2) is 13.1 Å². The summed E-state index contributed by atoms with van der Waals surface area (Å²) in [5, 5.41) is 15.1. The Bertz CT molecular complexity index is 529. The Morgan fingerprint density at radius 2 is 2.20 bits per heavy atom. The molecule has 8 heteroatoms. The van der Waals surface area contributed by atoms with E-state index in [1.165, 1.54) is 12.1 Å². The number of halogens is 3. The second-order valence-electron chi connectivity index (χ2n) is 3.95. The van der Waals surface area contributed by atoms with Gasteiger partial charge >= 0.3 is 6.18 Å². The minimum absolute atomic E-state index is 0.256. The average molecular weight is 283 g/mol. The van der Waals surface area contributed by atoms with Gasteiger partial charge in [0.05, 0.1) is 11.6 Å². The van der Waals surface area contributed by atoms with Crippen molar-refractivity contribution < 1.29 is 13.2 Å². The summed E-state index contributed by atoms with van der Waals surface area (Å²) in [5.74, 6) is 0. The highest BCUT2D eigenvalue weighted by molar-refractivity contribution is 5.30. The summed E-state index contributed by atoms with van der Waals surface area (Å²) in [4.78, 5) is 2.58. The molecule has 0 amide bonds. The van der Waals surface area contributed by atoms with Crippen molar-refractivity contribution >= 4 is 0 Å². The standard InChI is InChI=1S/C12H12F3N5/c13-12(14,15)10-4-1-3-9(7-10)11(8-16)18-5-2-6-19-20-17/h1,3-4,7,11,18H,2,5-6H2. The van der Waals surface area contributed by atoms with Crippen molar-refractivity contribution in [2.75, 3.05) is 13.1 Å². The summed E-state index contributed by atoms with van der Waals surface area (Å²) in [7, 11) is 0. The Morgan fingerprint density at radius 3 is 2.80 bits per heavy atom. The van der Waals surface area contributed by atoms with Crippen molar-refractivity contribution in [2.24, 2.45) is 5.11 Å². The van der Waals surface area contributed by atoms with Crippen molar-refractivity contribution in [3.63, 3.8) is 0 Å². The molecule has 5 nitrogen and oxygen atoms in total. The Balaban J connectivity index is 2.71. The summed E-state index contributed by atoms with van der Waals surface area (Å²) >= 11 is 0. The largest absolute Gasteiger partial charge is 0.416 e. The lowest BCUT2D eigenvalue weighted by molar-refractivity contribution is -0.137. The van der Waals surface area contributed by atoms with E-state index in [1.54, 1.807) is 0 Å². The Morgan fingerprint density at radius 1 is 1.45 bits per heavy atom. The molecule has 1 aromatic rings. The lowest BCUT2D eigenvalue weighted by Crippen LogP contribution is -2.22. The second kappa shape index (κ2) is 7.38. The van der Waals surface area contributed by atoms with Gasteiger partial charge in [0.15, 0.2) is 0 Å². The molecule has 0 radical (unpaired) electrons. The number of hydrogen-bond acceptors (Lipinski definition) is 3. The van der Waals surface area contributed by atoms with Crippen LogP contribution in [0.5, 0.6) is 0 Å². The van der Waals surface area contributed by atoms with E-state index in [2.05, 4.69) is 15.3 Å². The van der Waals surface area contributed by atoms with Gasteiger partial charge in [-0.05, 0) is 36.2 Å². The highest BCUT2D eigenvalue weighted by Crippen LogP contribution is 2.30. The van der Waals surface area contributed by atoms with Gasteiger partial charge in [-0.3, -0.25) is 5.32 Å². The number of azide groups is 1. The number of rotatable bonds is 6.